The molecule has 0 aromatic heterocycles. The van der Waals surface area contributed by atoms with Gasteiger partial charge in [0.25, 0.3) is 0 Å². The van der Waals surface area contributed by atoms with Crippen LogP contribution >= 0.6 is 11.6 Å². The van der Waals surface area contributed by atoms with Gasteiger partial charge in [0.15, 0.2) is 0 Å². The smallest absolute Gasteiger partial charge is 0.150 e. The first kappa shape index (κ1) is 11.6. The fourth-order valence-electron chi connectivity index (χ4n) is 1.33. The summed E-state index contributed by atoms with van der Waals surface area (Å²) in [6.45, 7) is 0. The molecule has 4 heteroatoms. The molecule has 0 aliphatic heterocycles. The second-order valence-corrected chi connectivity index (χ2v) is 3.78. The molecule has 17 heavy (non-hydrogen) atoms. The molecule has 0 radical (unpaired) electrons. The Bertz CT molecular complexity index is 555. The lowest BCUT2D eigenvalue weighted by Gasteiger charge is -2.06. The summed E-state index contributed by atoms with van der Waals surface area (Å²) in [5.41, 5.74) is 0.510. The normalized spacial score (nSPS) is 10.0. The SMILES string of the molecule is O=Cc1cccc(Oc2ccc(F)c(Cl)c2)c1. The molecule has 0 heterocycles. The second kappa shape index (κ2) is 4.97. The van der Waals surface area contributed by atoms with Crippen LogP contribution in [0.5, 0.6) is 11.5 Å². The van der Waals surface area contributed by atoms with Crippen molar-refractivity contribution < 1.29 is 13.9 Å². The van der Waals surface area contributed by atoms with Crippen molar-refractivity contribution in [2.45, 2.75) is 0 Å². The second-order valence-electron chi connectivity index (χ2n) is 3.37. The van der Waals surface area contributed by atoms with E-state index < -0.39 is 5.82 Å². The lowest BCUT2D eigenvalue weighted by molar-refractivity contribution is 0.112. The third kappa shape index (κ3) is 2.82. The van der Waals surface area contributed by atoms with E-state index in [1.54, 1.807) is 24.3 Å². The summed E-state index contributed by atoms with van der Waals surface area (Å²) in [4.78, 5) is 10.6. The number of hydrogen-bond donors (Lipinski definition) is 0. The quantitative estimate of drug-likeness (QED) is 0.767. The highest BCUT2D eigenvalue weighted by atomic mass is 35.5. The molecule has 0 atom stereocenters. The summed E-state index contributed by atoms with van der Waals surface area (Å²) in [5, 5.41) is -0.00552. The zero-order valence-corrected chi connectivity index (χ0v) is 9.45. The molecule has 0 spiro atoms. The topological polar surface area (TPSA) is 26.3 Å². The summed E-state index contributed by atoms with van der Waals surface area (Å²) in [6.07, 6.45) is 0.727. The van der Waals surface area contributed by atoms with Gasteiger partial charge in [0, 0.05) is 11.6 Å². The van der Waals surface area contributed by atoms with Crippen molar-refractivity contribution in [1.82, 2.24) is 0 Å². The maximum Gasteiger partial charge on any atom is 0.150 e. The molecular weight excluding hydrogens is 243 g/mol. The Balaban J connectivity index is 2.24. The van der Waals surface area contributed by atoms with Crippen LogP contribution in [-0.4, -0.2) is 6.29 Å². The third-order valence-electron chi connectivity index (χ3n) is 2.12. The molecule has 2 nitrogen and oxygen atoms in total. The first-order chi connectivity index (χ1) is 8.19. The third-order valence-corrected chi connectivity index (χ3v) is 2.41. The monoisotopic (exact) mass is 250 g/mol. The van der Waals surface area contributed by atoms with Crippen molar-refractivity contribution in [3.63, 3.8) is 0 Å². The van der Waals surface area contributed by atoms with E-state index in [0.717, 1.165) is 6.29 Å². The van der Waals surface area contributed by atoms with Crippen molar-refractivity contribution in [2.24, 2.45) is 0 Å². The van der Waals surface area contributed by atoms with E-state index in [9.17, 15) is 9.18 Å². The van der Waals surface area contributed by atoms with Gasteiger partial charge in [-0.25, -0.2) is 4.39 Å². The van der Waals surface area contributed by atoms with Crippen LogP contribution in [0.2, 0.25) is 5.02 Å². The van der Waals surface area contributed by atoms with E-state index in [1.807, 2.05) is 0 Å². The molecular formula is C13H8ClFO2. The number of carbonyl (C=O) groups is 1. The van der Waals surface area contributed by atoms with Crippen LogP contribution in [0.25, 0.3) is 0 Å². The summed E-state index contributed by atoms with van der Waals surface area (Å²) >= 11 is 5.63. The first-order valence-electron chi connectivity index (χ1n) is 4.87. The van der Waals surface area contributed by atoms with Crippen LogP contribution in [0, 0.1) is 5.82 Å². The number of benzene rings is 2. The van der Waals surface area contributed by atoms with Crippen LogP contribution in [0.15, 0.2) is 42.5 Å². The van der Waals surface area contributed by atoms with Gasteiger partial charge in [0.2, 0.25) is 0 Å². The summed E-state index contributed by atoms with van der Waals surface area (Å²) < 4.78 is 18.4. The highest BCUT2D eigenvalue weighted by molar-refractivity contribution is 6.30. The summed E-state index contributed by atoms with van der Waals surface area (Å²) in [5.74, 6) is 0.414. The minimum Gasteiger partial charge on any atom is -0.457 e. The zero-order valence-electron chi connectivity index (χ0n) is 8.69. The Labute approximate surface area is 103 Å². The van der Waals surface area contributed by atoms with Crippen LogP contribution in [-0.2, 0) is 0 Å². The van der Waals surface area contributed by atoms with Crippen molar-refractivity contribution in [2.75, 3.05) is 0 Å². The zero-order chi connectivity index (χ0) is 12.3. The molecule has 0 saturated carbocycles. The van der Waals surface area contributed by atoms with E-state index in [1.165, 1.54) is 18.2 Å². The Hall–Kier alpha value is -1.87. The van der Waals surface area contributed by atoms with Crippen LogP contribution in [0.1, 0.15) is 10.4 Å². The van der Waals surface area contributed by atoms with Crippen LogP contribution < -0.4 is 4.74 Å². The van der Waals surface area contributed by atoms with Gasteiger partial charge in [-0.05, 0) is 24.3 Å². The summed E-state index contributed by atoms with van der Waals surface area (Å²) in [6, 6.07) is 10.7. The highest BCUT2D eigenvalue weighted by Gasteiger charge is 2.03. The molecule has 0 amide bonds. The lowest BCUT2D eigenvalue weighted by Crippen LogP contribution is -1.87. The van der Waals surface area contributed by atoms with E-state index in [2.05, 4.69) is 0 Å². The van der Waals surface area contributed by atoms with E-state index in [4.69, 9.17) is 16.3 Å². The van der Waals surface area contributed by atoms with E-state index >= 15 is 0 Å². The summed E-state index contributed by atoms with van der Waals surface area (Å²) in [7, 11) is 0. The van der Waals surface area contributed by atoms with Gasteiger partial charge >= 0.3 is 0 Å². The number of aldehydes is 1. The van der Waals surface area contributed by atoms with Crippen molar-refractivity contribution in [3.05, 3.63) is 58.9 Å². The molecule has 0 aliphatic carbocycles. The molecule has 2 aromatic carbocycles. The van der Waals surface area contributed by atoms with Gasteiger partial charge in [-0.15, -0.1) is 0 Å². The van der Waals surface area contributed by atoms with Gasteiger partial charge in [-0.2, -0.15) is 0 Å². The fraction of sp³-hybridized carbons (Fsp3) is 0. The Morgan fingerprint density at radius 2 is 1.88 bits per heavy atom. The predicted octanol–water partition coefficient (Wildman–Crippen LogP) is 4.08. The van der Waals surface area contributed by atoms with Gasteiger partial charge in [0.1, 0.15) is 23.6 Å². The maximum absolute atomic E-state index is 12.9. The number of hydrogen-bond acceptors (Lipinski definition) is 2. The van der Waals surface area contributed by atoms with Gasteiger partial charge in [-0.3, -0.25) is 4.79 Å². The minimum absolute atomic E-state index is 0.00552. The average Bonchev–Trinajstić information content (AvgIpc) is 2.34. The molecule has 2 rings (SSSR count). The average molecular weight is 251 g/mol. The van der Waals surface area contributed by atoms with Crippen LogP contribution in [0.4, 0.5) is 4.39 Å². The van der Waals surface area contributed by atoms with E-state index in [-0.39, 0.29) is 5.02 Å². The number of rotatable bonds is 3. The Morgan fingerprint density at radius 3 is 2.59 bits per heavy atom. The van der Waals surface area contributed by atoms with E-state index in [0.29, 0.717) is 17.1 Å². The number of halogens is 2. The lowest BCUT2D eigenvalue weighted by atomic mass is 10.2. The molecule has 0 fully saturated rings. The van der Waals surface area contributed by atoms with Gasteiger partial charge in [0.05, 0.1) is 5.02 Å². The molecule has 0 unspecified atom stereocenters. The van der Waals surface area contributed by atoms with Gasteiger partial charge in [-0.1, -0.05) is 23.7 Å². The van der Waals surface area contributed by atoms with Crippen molar-refractivity contribution >= 4 is 17.9 Å². The predicted molar refractivity (Wildman–Crippen MR) is 63.3 cm³/mol. The number of ether oxygens (including phenoxy) is 1. The first-order valence-corrected chi connectivity index (χ1v) is 5.25. The number of carbonyl (C=O) groups excluding carboxylic acids is 1. The minimum atomic E-state index is -0.499. The van der Waals surface area contributed by atoms with Crippen molar-refractivity contribution in [3.8, 4) is 11.5 Å². The van der Waals surface area contributed by atoms with Gasteiger partial charge < -0.3 is 4.74 Å². The standard InChI is InChI=1S/C13H8ClFO2/c14-12-7-11(4-5-13(12)15)17-10-3-1-2-9(6-10)8-16/h1-8H. The molecule has 0 saturated heterocycles. The highest BCUT2D eigenvalue weighted by Crippen LogP contribution is 2.26. The maximum atomic E-state index is 12.9. The molecule has 0 aliphatic rings. The van der Waals surface area contributed by atoms with Crippen molar-refractivity contribution in [1.29, 1.82) is 0 Å². The molecule has 86 valence electrons. The Morgan fingerprint density at radius 1 is 1.12 bits per heavy atom. The molecule has 0 bridgehead atoms. The largest absolute Gasteiger partial charge is 0.457 e. The molecule has 0 N–H and O–H groups in total. The fourth-order valence-corrected chi connectivity index (χ4v) is 1.50. The Kier molecular flexibility index (Phi) is 3.40. The van der Waals surface area contributed by atoms with Crippen LogP contribution in [0.3, 0.4) is 0 Å². The molecule has 2 aromatic rings.